The number of aromatic nitrogens is 3. The average Bonchev–Trinajstić information content (AvgIpc) is 3.21. The highest BCUT2D eigenvalue weighted by molar-refractivity contribution is 6.24. The molecule has 0 saturated carbocycles. The third-order valence-corrected chi connectivity index (χ3v) is 9.34. The highest BCUT2D eigenvalue weighted by atomic mass is 19.4. The quantitative estimate of drug-likeness (QED) is 0.102. The van der Waals surface area contributed by atoms with Gasteiger partial charge in [-0.2, -0.15) is 31.6 Å². The van der Waals surface area contributed by atoms with Crippen LogP contribution in [0.15, 0.2) is 121 Å². The van der Waals surface area contributed by atoms with Crippen molar-refractivity contribution < 1.29 is 26.3 Å². The number of nitriles is 1. The number of para-hydroxylation sites is 1. The Balaban J connectivity index is 1.49. The van der Waals surface area contributed by atoms with Gasteiger partial charge >= 0.3 is 12.4 Å². The van der Waals surface area contributed by atoms with Gasteiger partial charge in [0.15, 0.2) is 5.69 Å². The number of rotatable bonds is 4. The van der Waals surface area contributed by atoms with Gasteiger partial charge in [-0.3, -0.25) is 4.98 Å². The smallest absolute Gasteiger partial charge is 0.255 e. The Morgan fingerprint density at radius 3 is 1.70 bits per heavy atom. The summed E-state index contributed by atoms with van der Waals surface area (Å²) in [6.07, 6.45) is -10.1. The van der Waals surface area contributed by atoms with Crippen molar-refractivity contribution in [3.63, 3.8) is 0 Å². The van der Waals surface area contributed by atoms with Crippen molar-refractivity contribution in [1.29, 1.82) is 5.26 Å². The third-order valence-electron chi connectivity index (χ3n) is 9.34. The van der Waals surface area contributed by atoms with Crippen LogP contribution in [0.25, 0.3) is 87.3 Å². The summed E-state index contributed by atoms with van der Waals surface area (Å²) in [5, 5.41) is 11.0. The number of fused-ring (bicyclic) bond motifs is 5. The van der Waals surface area contributed by atoms with Crippen LogP contribution < -0.4 is 0 Å². The lowest BCUT2D eigenvalue weighted by atomic mass is 9.91. The Bertz CT molecular complexity index is 2990. The number of pyridine rings is 1. The van der Waals surface area contributed by atoms with Gasteiger partial charge in [-0.15, -0.1) is 0 Å². The van der Waals surface area contributed by atoms with E-state index in [0.717, 1.165) is 0 Å². The minimum atomic E-state index is -5.06. The molecule has 2 heterocycles. The first kappa shape index (κ1) is 35.4. The molecular formula is C44H20F6N6. The summed E-state index contributed by atoms with van der Waals surface area (Å²) in [7, 11) is 0. The van der Waals surface area contributed by atoms with E-state index in [1.807, 2.05) is 0 Å². The Morgan fingerprint density at radius 1 is 0.536 bits per heavy atom. The first-order chi connectivity index (χ1) is 26.9. The van der Waals surface area contributed by atoms with Crippen molar-refractivity contribution in [3.8, 4) is 51.0 Å². The minimum Gasteiger partial charge on any atom is -0.255 e. The molecule has 0 bridgehead atoms. The molecule has 0 saturated heterocycles. The molecule has 6 aromatic carbocycles. The maximum atomic E-state index is 14.0. The summed E-state index contributed by atoms with van der Waals surface area (Å²) in [5.74, 6) is 0. The van der Waals surface area contributed by atoms with Gasteiger partial charge in [0.05, 0.1) is 69.5 Å². The number of hydrogen-bond donors (Lipinski definition) is 0. The number of nitrogens with zero attached hydrogens (tertiary/aromatic N) is 6. The number of alkyl halides is 6. The van der Waals surface area contributed by atoms with Crippen LogP contribution in [0.1, 0.15) is 16.7 Å². The lowest BCUT2D eigenvalue weighted by Crippen LogP contribution is -2.11. The molecule has 0 atom stereocenters. The first-order valence-electron chi connectivity index (χ1n) is 16.7. The van der Waals surface area contributed by atoms with Crippen LogP contribution in [-0.4, -0.2) is 15.0 Å². The molecule has 2 aromatic heterocycles. The molecule has 0 N–H and O–H groups in total. The van der Waals surface area contributed by atoms with Crippen molar-refractivity contribution >= 4 is 44.1 Å². The minimum absolute atomic E-state index is 0.0557. The van der Waals surface area contributed by atoms with Crippen LogP contribution in [-0.2, 0) is 12.4 Å². The predicted molar refractivity (Wildman–Crippen MR) is 201 cm³/mol. The second-order valence-corrected chi connectivity index (χ2v) is 12.7. The topological polar surface area (TPSA) is 71.2 Å². The lowest BCUT2D eigenvalue weighted by Gasteiger charge is -2.18. The largest absolute Gasteiger partial charge is 0.416 e. The molecular weight excluding hydrogens is 727 g/mol. The van der Waals surface area contributed by atoms with Crippen LogP contribution in [0, 0.1) is 24.5 Å². The van der Waals surface area contributed by atoms with Gasteiger partial charge < -0.3 is 0 Å². The van der Waals surface area contributed by atoms with Crippen molar-refractivity contribution in [1.82, 2.24) is 15.0 Å². The number of hydrogen-bond acceptors (Lipinski definition) is 4. The third kappa shape index (κ3) is 6.17. The van der Waals surface area contributed by atoms with Crippen LogP contribution in [0.5, 0.6) is 0 Å². The molecule has 12 heteroatoms. The molecule has 0 unspecified atom stereocenters. The molecule has 6 nitrogen and oxygen atoms in total. The fourth-order valence-electron chi connectivity index (χ4n) is 6.76. The molecule has 0 radical (unpaired) electrons. The summed E-state index contributed by atoms with van der Waals surface area (Å²) in [6.45, 7) is 15.6. The highest BCUT2D eigenvalue weighted by Gasteiger charge is 2.37. The molecule has 8 aromatic rings. The van der Waals surface area contributed by atoms with Crippen molar-refractivity contribution in [2.75, 3.05) is 0 Å². The summed E-state index contributed by atoms with van der Waals surface area (Å²) in [5.41, 5.74) is 1.10. The van der Waals surface area contributed by atoms with Crippen LogP contribution >= 0.6 is 0 Å². The Kier molecular flexibility index (Phi) is 8.44. The van der Waals surface area contributed by atoms with E-state index >= 15 is 0 Å². The van der Waals surface area contributed by atoms with Gasteiger partial charge in [-0.05, 0) is 59.2 Å². The van der Waals surface area contributed by atoms with E-state index in [2.05, 4.69) is 15.8 Å². The second kappa shape index (κ2) is 13.3. The number of benzene rings is 6. The molecule has 0 spiro atoms. The van der Waals surface area contributed by atoms with Crippen LogP contribution in [0.3, 0.4) is 0 Å². The van der Waals surface area contributed by atoms with E-state index < -0.39 is 23.5 Å². The van der Waals surface area contributed by atoms with Gasteiger partial charge in [-0.1, -0.05) is 78.9 Å². The number of halogens is 6. The zero-order valence-corrected chi connectivity index (χ0v) is 28.5. The second-order valence-electron chi connectivity index (χ2n) is 12.7. The lowest BCUT2D eigenvalue weighted by molar-refractivity contribution is -0.143. The zero-order chi connectivity index (χ0) is 39.4. The SMILES string of the molecule is [C-]#[N+]c1ccc(-c2nc3c([N+]#[C-])cc4c(-c5ccccc5-c5cc(C(F)(F)F)cc(C(F)(F)F)c5)nc5ccccc5c4c3nc2-c2ccc(C#N)cc2)cc1. The summed E-state index contributed by atoms with van der Waals surface area (Å²) in [6, 6.07) is 31.7. The molecule has 0 aliphatic heterocycles. The van der Waals surface area contributed by atoms with Crippen molar-refractivity contribution in [2.24, 2.45) is 0 Å². The normalized spacial score (nSPS) is 11.7. The molecule has 8 rings (SSSR count). The fraction of sp³-hybridized carbons (Fsp3) is 0.0455. The van der Waals surface area contributed by atoms with E-state index in [0.29, 0.717) is 73.1 Å². The highest BCUT2D eigenvalue weighted by Crippen LogP contribution is 2.46. The zero-order valence-electron chi connectivity index (χ0n) is 28.5. The van der Waals surface area contributed by atoms with Crippen molar-refractivity contribution in [3.05, 3.63) is 161 Å². The molecule has 56 heavy (non-hydrogen) atoms. The van der Waals surface area contributed by atoms with Crippen LogP contribution in [0.4, 0.5) is 37.7 Å². The van der Waals surface area contributed by atoms with Gasteiger partial charge in [0.2, 0.25) is 5.69 Å². The Hall–Kier alpha value is -7.62. The van der Waals surface area contributed by atoms with Crippen molar-refractivity contribution in [2.45, 2.75) is 12.4 Å². The monoisotopic (exact) mass is 746 g/mol. The van der Waals surface area contributed by atoms with E-state index in [1.54, 1.807) is 91.0 Å². The van der Waals surface area contributed by atoms with E-state index in [-0.39, 0.29) is 39.7 Å². The van der Waals surface area contributed by atoms with E-state index in [9.17, 15) is 31.6 Å². The summed E-state index contributed by atoms with van der Waals surface area (Å²) < 4.78 is 84.0. The van der Waals surface area contributed by atoms with E-state index in [4.69, 9.17) is 28.1 Å². The summed E-state index contributed by atoms with van der Waals surface area (Å²) >= 11 is 0. The first-order valence-corrected chi connectivity index (χ1v) is 16.7. The maximum absolute atomic E-state index is 14.0. The Labute approximate surface area is 314 Å². The summed E-state index contributed by atoms with van der Waals surface area (Å²) in [4.78, 5) is 22.4. The van der Waals surface area contributed by atoms with Crippen LogP contribution in [0.2, 0.25) is 0 Å². The predicted octanol–water partition coefficient (Wildman–Crippen LogP) is 13.0. The molecule has 0 aliphatic rings. The molecule has 0 amide bonds. The van der Waals surface area contributed by atoms with Gasteiger partial charge in [0.25, 0.3) is 0 Å². The maximum Gasteiger partial charge on any atom is 0.416 e. The fourth-order valence-corrected chi connectivity index (χ4v) is 6.76. The Morgan fingerprint density at radius 2 is 1.11 bits per heavy atom. The molecule has 0 fully saturated rings. The standard InChI is InChI=1S/C44H20F6N6/c1-52-30-17-15-26(16-18-30)38-39(25-13-11-24(23-51)12-14-25)56-42-37-33-9-5-6-10-35(33)54-40(34(37)22-36(53-2)41(42)55-38)32-8-4-3-7-31(32)27-19-28(43(45,46)47)21-29(20-27)44(48,49)50/h3-22H. The van der Waals surface area contributed by atoms with Gasteiger partial charge in [0.1, 0.15) is 0 Å². The van der Waals surface area contributed by atoms with Gasteiger partial charge in [0, 0.05) is 27.3 Å². The molecule has 0 aliphatic carbocycles. The van der Waals surface area contributed by atoms with E-state index in [1.165, 1.54) is 12.1 Å². The molecule has 268 valence electrons. The average molecular weight is 747 g/mol. The van der Waals surface area contributed by atoms with Gasteiger partial charge in [-0.25, -0.2) is 19.7 Å².